The van der Waals surface area contributed by atoms with Gasteiger partial charge in [-0.2, -0.15) is 0 Å². The first-order valence-corrected chi connectivity index (χ1v) is 13.1. The van der Waals surface area contributed by atoms with Gasteiger partial charge in [0.1, 0.15) is 0 Å². The van der Waals surface area contributed by atoms with Crippen molar-refractivity contribution in [1.82, 2.24) is 10.2 Å². The van der Waals surface area contributed by atoms with Crippen LogP contribution in [0.25, 0.3) is 0 Å². The molecular formula is C20H27N2O3Tl. The molecule has 5 rings (SSSR count). The summed E-state index contributed by atoms with van der Waals surface area (Å²) in [7, 11) is 1.75. The van der Waals surface area contributed by atoms with Gasteiger partial charge in [-0.25, -0.2) is 0 Å². The second kappa shape index (κ2) is 6.60. The Bertz CT molecular complexity index is 715. The van der Waals surface area contributed by atoms with Gasteiger partial charge in [0.15, 0.2) is 0 Å². The van der Waals surface area contributed by atoms with E-state index in [2.05, 4.69) is 22.3 Å². The van der Waals surface area contributed by atoms with Crippen molar-refractivity contribution in [3.05, 3.63) is 23.3 Å². The van der Waals surface area contributed by atoms with Crippen molar-refractivity contribution >= 4 is 25.8 Å². The number of hydrogen-bond acceptors (Lipinski definition) is 5. The van der Waals surface area contributed by atoms with E-state index in [-0.39, 0.29) is 18.1 Å². The third kappa shape index (κ3) is 2.23. The summed E-state index contributed by atoms with van der Waals surface area (Å²) in [5.74, 6) is 2.59. The van der Waals surface area contributed by atoms with Gasteiger partial charge in [-0.3, -0.25) is 0 Å². The quantitative estimate of drug-likeness (QED) is 0.535. The zero-order valence-corrected chi connectivity index (χ0v) is 19.9. The molecule has 0 aromatic heterocycles. The zero-order chi connectivity index (χ0) is 17.9. The molecule has 1 aromatic rings. The van der Waals surface area contributed by atoms with Crippen LogP contribution in [0.15, 0.2) is 12.1 Å². The van der Waals surface area contributed by atoms with Crippen LogP contribution in [0.3, 0.4) is 0 Å². The molecule has 1 saturated carbocycles. The fourth-order valence-electron chi connectivity index (χ4n) is 6.46. The molecule has 1 saturated heterocycles. The third-order valence-corrected chi connectivity index (χ3v) is 9.21. The predicted molar refractivity (Wildman–Crippen MR) is 100 cm³/mol. The average Bonchev–Trinajstić information content (AvgIpc) is 3.01. The number of benzene rings is 1. The summed E-state index contributed by atoms with van der Waals surface area (Å²) in [6.45, 7) is 2.02. The van der Waals surface area contributed by atoms with E-state index in [1.165, 1.54) is 34.6 Å². The molecule has 138 valence electrons. The molecule has 1 spiro atoms. The van der Waals surface area contributed by atoms with Gasteiger partial charge in [0.25, 0.3) is 0 Å². The van der Waals surface area contributed by atoms with Crippen molar-refractivity contribution in [2.45, 2.75) is 49.3 Å². The number of ether oxygens (including phenoxy) is 2. The Morgan fingerprint density at radius 1 is 1.42 bits per heavy atom. The molecule has 2 heterocycles. The number of rotatable bonds is 5. The molecule has 26 heavy (non-hydrogen) atoms. The van der Waals surface area contributed by atoms with E-state index >= 15 is 0 Å². The molecule has 2 aliphatic carbocycles. The van der Waals surface area contributed by atoms with Crippen LogP contribution in [-0.2, 0) is 11.8 Å². The second-order valence-electron chi connectivity index (χ2n) is 8.19. The topological polar surface area (TPSA) is 54.0 Å². The Labute approximate surface area is 171 Å². The van der Waals surface area contributed by atoms with Crippen LogP contribution in [0.4, 0.5) is 0 Å². The molecule has 1 aromatic carbocycles. The van der Waals surface area contributed by atoms with E-state index in [0.29, 0.717) is 24.5 Å². The van der Waals surface area contributed by atoms with E-state index in [4.69, 9.17) is 9.47 Å². The minimum absolute atomic E-state index is 0.129. The summed E-state index contributed by atoms with van der Waals surface area (Å²) in [5, 5.41) is 12.9. The monoisotopic (exact) mass is 548 g/mol. The Morgan fingerprint density at radius 3 is 3.08 bits per heavy atom. The van der Waals surface area contributed by atoms with Crippen LogP contribution < -0.4 is 14.8 Å². The molecule has 0 radical (unpaired) electrons. The van der Waals surface area contributed by atoms with E-state index in [1.54, 1.807) is 7.11 Å². The first-order chi connectivity index (χ1) is 12.7. The normalized spacial score (nSPS) is 37.1. The number of aliphatic hydroxyl groups is 1. The van der Waals surface area contributed by atoms with Gasteiger partial charge < -0.3 is 0 Å². The van der Waals surface area contributed by atoms with Gasteiger partial charge in [-0.05, 0) is 0 Å². The van der Waals surface area contributed by atoms with Crippen molar-refractivity contribution in [2.75, 3.05) is 30.9 Å². The molecule has 2 N–H and O–H groups in total. The van der Waals surface area contributed by atoms with Gasteiger partial charge in [0.05, 0.1) is 0 Å². The SMILES string of the molecule is COc1ccc2c3c1OC1C(NCCO)CCC4C(C2)N([CH2][Tl])CC[C@]341. The average molecular weight is 548 g/mol. The maximum absolute atomic E-state index is 9.32. The van der Waals surface area contributed by atoms with Crippen LogP contribution >= 0.6 is 0 Å². The molecule has 0 amide bonds. The van der Waals surface area contributed by atoms with Crippen molar-refractivity contribution in [2.24, 2.45) is 5.92 Å². The number of nitrogens with one attached hydrogen (secondary N) is 1. The molecule has 2 aliphatic heterocycles. The predicted octanol–water partition coefficient (Wildman–Crippen LogP) is 0.811. The molecule has 2 bridgehead atoms. The van der Waals surface area contributed by atoms with Gasteiger partial charge in [-0.15, -0.1) is 0 Å². The minimum atomic E-state index is 0.129. The van der Waals surface area contributed by atoms with Crippen LogP contribution in [0.5, 0.6) is 11.5 Å². The molecular weight excluding hydrogens is 521 g/mol. The Kier molecular flexibility index (Phi) is 4.49. The Hall–Kier alpha value is -0.378. The number of piperidine rings is 1. The fraction of sp³-hybridized carbons (Fsp3) is 0.700. The summed E-state index contributed by atoms with van der Waals surface area (Å²) in [6.07, 6.45) is 4.91. The number of nitrogens with zero attached hydrogens (tertiary/aromatic N) is 1. The number of aliphatic hydroxyl groups excluding tert-OH is 1. The molecule has 6 heteroatoms. The van der Waals surface area contributed by atoms with E-state index in [1.807, 2.05) is 0 Å². The van der Waals surface area contributed by atoms with Gasteiger partial charge in [-0.1, -0.05) is 0 Å². The van der Waals surface area contributed by atoms with Crippen molar-refractivity contribution in [3.8, 4) is 11.5 Å². The van der Waals surface area contributed by atoms with E-state index < -0.39 is 0 Å². The fourth-order valence-corrected chi connectivity index (χ4v) is 8.22. The molecule has 4 unspecified atom stereocenters. The van der Waals surface area contributed by atoms with E-state index in [0.717, 1.165) is 50.1 Å². The summed E-state index contributed by atoms with van der Waals surface area (Å²) in [6, 6.07) is 5.37. The second-order valence-corrected chi connectivity index (χ2v) is 9.61. The number of hydrogen-bond donors (Lipinski definition) is 2. The molecule has 4 aliphatic rings. The van der Waals surface area contributed by atoms with Crippen molar-refractivity contribution in [1.29, 1.82) is 0 Å². The van der Waals surface area contributed by atoms with E-state index in [9.17, 15) is 5.11 Å². The maximum atomic E-state index is 9.32. The van der Waals surface area contributed by atoms with Crippen molar-refractivity contribution < 1.29 is 14.6 Å². The van der Waals surface area contributed by atoms with Gasteiger partial charge in [0, 0.05) is 0 Å². The third-order valence-electron chi connectivity index (χ3n) is 7.39. The summed E-state index contributed by atoms with van der Waals surface area (Å²) in [5.41, 5.74) is 3.08. The van der Waals surface area contributed by atoms with Crippen LogP contribution in [0, 0.1) is 5.92 Å². The summed E-state index contributed by atoms with van der Waals surface area (Å²) >= 11 is 1.03. The van der Waals surface area contributed by atoms with Crippen LogP contribution in [-0.4, -0.2) is 84.9 Å². The first kappa shape index (κ1) is 17.7. The summed E-state index contributed by atoms with van der Waals surface area (Å²) in [4.78, 5) is 2.77. The summed E-state index contributed by atoms with van der Waals surface area (Å²) < 4.78 is 13.7. The Balaban J connectivity index is 1.66. The Morgan fingerprint density at radius 2 is 2.31 bits per heavy atom. The van der Waals surface area contributed by atoms with Crippen LogP contribution in [0.2, 0.25) is 0 Å². The van der Waals surface area contributed by atoms with Crippen molar-refractivity contribution in [3.63, 3.8) is 0 Å². The zero-order valence-electron chi connectivity index (χ0n) is 15.4. The number of likely N-dealkylation sites (tertiary alicyclic amines) is 1. The molecule has 2 fully saturated rings. The standard InChI is InChI=1S/C20H27N2O3.Tl/c1-22-9-7-20-13-4-5-14(21-8-10-23)19(20)25-18-16(24-2)6-3-12(17(18)20)11-15(13)22;/h3,6,13-15,19,21,23H,1,4-5,7-11H2,2H3;/t13?,14?,15?,19?,20-;/m1./s1. The van der Waals surface area contributed by atoms with Crippen LogP contribution in [0.1, 0.15) is 30.4 Å². The molecule has 5 nitrogen and oxygen atoms in total. The first-order valence-electron chi connectivity index (χ1n) is 9.90. The molecule has 5 atom stereocenters. The van der Waals surface area contributed by atoms with Gasteiger partial charge >= 0.3 is 171 Å². The van der Waals surface area contributed by atoms with Gasteiger partial charge in [0.2, 0.25) is 0 Å². The number of methoxy groups -OCH3 is 1.